The summed E-state index contributed by atoms with van der Waals surface area (Å²) in [5.74, 6) is 0. The maximum Gasteiger partial charge on any atom is 0.0682 e. The number of rotatable bonds is 1. The second kappa shape index (κ2) is 2.43. The molecule has 2 heteroatoms. The van der Waals surface area contributed by atoms with Crippen LogP contribution >= 0.6 is 0 Å². The Morgan fingerprint density at radius 2 is 2.25 bits per heavy atom. The molecule has 0 aliphatic heterocycles. The lowest BCUT2D eigenvalue weighted by molar-refractivity contribution is 0.281. The van der Waals surface area contributed by atoms with Gasteiger partial charge in [0.2, 0.25) is 0 Å². The summed E-state index contributed by atoms with van der Waals surface area (Å²) in [5.41, 5.74) is 0.225. The first-order valence-corrected chi connectivity index (χ1v) is 2.23. The van der Waals surface area contributed by atoms with Gasteiger partial charge in [0.05, 0.1) is 9.30 Å². The molecular weight excluding hydrogens is 102 g/mol. The van der Waals surface area contributed by atoms with Gasteiger partial charge in [-0.05, 0) is 17.7 Å². The number of aromatic nitrogens is 1. The average Bonchev–Trinajstić information content (AvgIpc) is 1.88. The second-order valence-electron chi connectivity index (χ2n) is 1.35. The Bertz CT molecular complexity index is 207. The van der Waals surface area contributed by atoms with Crippen molar-refractivity contribution in [3.05, 3.63) is 30.1 Å². The smallest absolute Gasteiger partial charge is 0.0682 e. The SMILES string of the molecule is [2H]C([2H])(O)c1ccncc1. The van der Waals surface area contributed by atoms with Crippen molar-refractivity contribution < 1.29 is 7.85 Å². The van der Waals surface area contributed by atoms with Gasteiger partial charge in [-0.3, -0.25) is 4.98 Å². The minimum absolute atomic E-state index is 0.225. The number of hydrogen-bond acceptors (Lipinski definition) is 2. The van der Waals surface area contributed by atoms with Gasteiger partial charge in [-0.2, -0.15) is 0 Å². The van der Waals surface area contributed by atoms with Crippen LogP contribution in [0.25, 0.3) is 0 Å². The number of hydrogen-bond donors (Lipinski definition) is 1. The number of nitrogens with zero attached hydrogens (tertiary/aromatic N) is 1. The molecule has 2 nitrogen and oxygen atoms in total. The molecule has 0 aliphatic carbocycles. The summed E-state index contributed by atoms with van der Waals surface area (Å²) >= 11 is 0. The van der Waals surface area contributed by atoms with Crippen LogP contribution in [0, 0.1) is 0 Å². The third kappa shape index (κ3) is 1.04. The molecule has 0 aliphatic rings. The minimum atomic E-state index is -2.25. The molecule has 0 aromatic carbocycles. The Hall–Kier alpha value is -0.890. The standard InChI is InChI=1S/C6H7NO/c8-5-6-1-3-7-4-2-6/h1-4,8H,5H2/i5D2. The highest BCUT2D eigenvalue weighted by Gasteiger charge is 1.81. The third-order valence-corrected chi connectivity index (χ3v) is 0.809. The maximum atomic E-state index is 8.79. The molecule has 0 saturated carbocycles. The van der Waals surface area contributed by atoms with E-state index in [2.05, 4.69) is 4.98 Å². The molecule has 0 radical (unpaired) electrons. The van der Waals surface area contributed by atoms with E-state index in [0.29, 0.717) is 0 Å². The predicted molar refractivity (Wildman–Crippen MR) is 30.2 cm³/mol. The second-order valence-corrected chi connectivity index (χ2v) is 1.35. The molecule has 0 spiro atoms. The molecular formula is C6H7NO. The van der Waals surface area contributed by atoms with Crippen LogP contribution in [0.3, 0.4) is 0 Å². The zero-order valence-corrected chi connectivity index (χ0v) is 4.20. The highest BCUT2D eigenvalue weighted by atomic mass is 16.3. The van der Waals surface area contributed by atoms with Crippen molar-refractivity contribution in [1.29, 1.82) is 0 Å². The maximum absolute atomic E-state index is 8.79. The zero-order valence-electron chi connectivity index (χ0n) is 6.20. The first-order valence-electron chi connectivity index (χ1n) is 3.23. The van der Waals surface area contributed by atoms with E-state index in [0.717, 1.165) is 0 Å². The van der Waals surface area contributed by atoms with E-state index < -0.39 is 6.56 Å². The first kappa shape index (κ1) is 3.20. The normalized spacial score (nSPS) is 14.6. The quantitative estimate of drug-likeness (QED) is 0.574. The predicted octanol–water partition coefficient (Wildman–Crippen LogP) is 0.574. The Kier molecular flexibility index (Phi) is 0.970. The highest BCUT2D eigenvalue weighted by molar-refractivity contribution is 5.07. The summed E-state index contributed by atoms with van der Waals surface area (Å²) in [7, 11) is 0. The van der Waals surface area contributed by atoms with Crippen molar-refractivity contribution >= 4 is 0 Å². The molecule has 1 aromatic rings. The molecule has 1 N–H and O–H groups in total. The van der Waals surface area contributed by atoms with Crippen molar-refractivity contribution in [3.8, 4) is 0 Å². The summed E-state index contributed by atoms with van der Waals surface area (Å²) in [5, 5.41) is 8.79. The van der Waals surface area contributed by atoms with Crippen LogP contribution in [0.15, 0.2) is 24.5 Å². The zero-order chi connectivity index (χ0) is 7.61. The summed E-state index contributed by atoms with van der Waals surface area (Å²) in [4.78, 5) is 3.68. The first-order chi connectivity index (χ1) is 4.61. The Labute approximate surface area is 50.6 Å². The van der Waals surface area contributed by atoms with Crippen LogP contribution < -0.4 is 0 Å². The van der Waals surface area contributed by atoms with Crippen molar-refractivity contribution in [2.24, 2.45) is 0 Å². The average molecular weight is 111 g/mol. The highest BCUT2D eigenvalue weighted by Crippen LogP contribution is 1.92. The largest absolute Gasteiger partial charge is 0.392 e. The van der Waals surface area contributed by atoms with Gasteiger partial charge in [-0.15, -0.1) is 0 Å². The Balaban J connectivity index is 2.97. The van der Waals surface area contributed by atoms with E-state index in [1.54, 1.807) is 0 Å². The van der Waals surface area contributed by atoms with Crippen LogP contribution in [0.5, 0.6) is 0 Å². The van der Waals surface area contributed by atoms with Crippen LogP contribution in [-0.4, -0.2) is 10.1 Å². The molecule has 0 amide bonds. The summed E-state index contributed by atoms with van der Waals surface area (Å²) in [6, 6.07) is 2.86. The van der Waals surface area contributed by atoms with Gasteiger partial charge in [-0.25, -0.2) is 0 Å². The van der Waals surface area contributed by atoms with Gasteiger partial charge in [0.25, 0.3) is 0 Å². The van der Waals surface area contributed by atoms with Gasteiger partial charge < -0.3 is 5.11 Å². The molecule has 0 unspecified atom stereocenters. The van der Waals surface area contributed by atoms with Gasteiger partial charge in [0, 0.05) is 12.4 Å². The van der Waals surface area contributed by atoms with Gasteiger partial charge in [0.1, 0.15) is 0 Å². The van der Waals surface area contributed by atoms with Crippen LogP contribution in [0.4, 0.5) is 0 Å². The molecule has 8 heavy (non-hydrogen) atoms. The fourth-order valence-corrected chi connectivity index (χ4v) is 0.426. The van der Waals surface area contributed by atoms with Gasteiger partial charge in [-0.1, -0.05) is 0 Å². The number of aliphatic hydroxyl groups is 1. The van der Waals surface area contributed by atoms with E-state index in [1.165, 1.54) is 24.5 Å². The van der Waals surface area contributed by atoms with Crippen molar-refractivity contribution in [1.82, 2.24) is 4.98 Å². The monoisotopic (exact) mass is 111 g/mol. The van der Waals surface area contributed by atoms with Crippen LogP contribution in [0.2, 0.25) is 0 Å². The topological polar surface area (TPSA) is 33.1 Å². The molecule has 1 aromatic heterocycles. The molecule has 1 heterocycles. The van der Waals surface area contributed by atoms with E-state index >= 15 is 0 Å². The fraction of sp³-hybridized carbons (Fsp3) is 0.167. The van der Waals surface area contributed by atoms with Crippen molar-refractivity contribution in [2.75, 3.05) is 0 Å². The Morgan fingerprint density at radius 1 is 1.62 bits per heavy atom. The molecule has 0 atom stereocenters. The fourth-order valence-electron chi connectivity index (χ4n) is 0.426. The minimum Gasteiger partial charge on any atom is -0.392 e. The van der Waals surface area contributed by atoms with Crippen LogP contribution in [0.1, 0.15) is 8.30 Å². The van der Waals surface area contributed by atoms with Crippen molar-refractivity contribution in [3.63, 3.8) is 0 Å². The van der Waals surface area contributed by atoms with Gasteiger partial charge in [0.15, 0.2) is 0 Å². The molecule has 42 valence electrons. The lowest BCUT2D eigenvalue weighted by Crippen LogP contribution is -1.80. The van der Waals surface area contributed by atoms with Crippen LogP contribution in [-0.2, 0) is 6.56 Å². The Morgan fingerprint density at radius 3 is 2.62 bits per heavy atom. The summed E-state index contributed by atoms with van der Waals surface area (Å²) in [6.07, 6.45) is 2.87. The molecule has 1 rings (SSSR count). The molecule has 0 saturated heterocycles. The van der Waals surface area contributed by atoms with E-state index in [1.807, 2.05) is 0 Å². The summed E-state index contributed by atoms with van der Waals surface area (Å²) in [6.45, 7) is -2.25. The van der Waals surface area contributed by atoms with Crippen molar-refractivity contribution in [2.45, 2.75) is 6.56 Å². The summed E-state index contributed by atoms with van der Waals surface area (Å²) < 4.78 is 13.7. The van der Waals surface area contributed by atoms with E-state index in [-0.39, 0.29) is 5.56 Å². The van der Waals surface area contributed by atoms with E-state index in [4.69, 9.17) is 7.85 Å². The third-order valence-electron chi connectivity index (χ3n) is 0.809. The molecule has 0 bridgehead atoms. The van der Waals surface area contributed by atoms with Gasteiger partial charge >= 0.3 is 0 Å². The lowest BCUT2D eigenvalue weighted by Gasteiger charge is -1.88. The van der Waals surface area contributed by atoms with E-state index in [9.17, 15) is 0 Å². The number of pyridine rings is 1. The lowest BCUT2D eigenvalue weighted by atomic mass is 10.3. The molecule has 0 fully saturated rings.